The first kappa shape index (κ1) is 17.3. The monoisotopic (exact) mass is 378 g/mol. The van der Waals surface area contributed by atoms with Crippen LogP contribution in [0.25, 0.3) is 0 Å². The fourth-order valence-corrected chi connectivity index (χ4v) is 5.13. The number of hydrogen-bond acceptors (Lipinski definition) is 1. The van der Waals surface area contributed by atoms with E-state index in [1.165, 1.54) is 26.5 Å². The van der Waals surface area contributed by atoms with Crippen molar-refractivity contribution in [2.75, 3.05) is 0 Å². The molecule has 0 spiro atoms. The van der Waals surface area contributed by atoms with Gasteiger partial charge in [0.2, 0.25) is 0 Å². The third kappa shape index (κ3) is 3.50. The molecule has 28 heavy (non-hydrogen) atoms. The van der Waals surface area contributed by atoms with E-state index < -0.39 is 0 Å². The van der Waals surface area contributed by atoms with Crippen LogP contribution in [0.2, 0.25) is 0 Å². The molecule has 1 aliphatic rings. The van der Waals surface area contributed by atoms with E-state index in [0.29, 0.717) is 17.8 Å². The smallest absolute Gasteiger partial charge is 0.0122 e. The van der Waals surface area contributed by atoms with Crippen LogP contribution >= 0.6 is 11.8 Å². The minimum absolute atomic E-state index is 0.556. The largest absolute Gasteiger partial charge is 0.0901 e. The van der Waals surface area contributed by atoms with Crippen LogP contribution in [-0.4, -0.2) is 0 Å². The molecular formula is C27H22S. The summed E-state index contributed by atoms with van der Waals surface area (Å²) >= 11 is 1.82. The number of benzene rings is 4. The zero-order valence-electron chi connectivity index (χ0n) is 15.6. The van der Waals surface area contributed by atoms with Crippen molar-refractivity contribution in [2.24, 2.45) is 0 Å². The van der Waals surface area contributed by atoms with Crippen LogP contribution in [0.5, 0.6) is 0 Å². The molecule has 1 aliphatic carbocycles. The molecule has 0 saturated heterocycles. The highest BCUT2D eigenvalue weighted by molar-refractivity contribution is 7.99. The Kier molecular flexibility index (Phi) is 4.76. The maximum Gasteiger partial charge on any atom is 0.0122 e. The van der Waals surface area contributed by atoms with Gasteiger partial charge < -0.3 is 0 Å². The van der Waals surface area contributed by atoms with Crippen molar-refractivity contribution < 1.29 is 0 Å². The molecule has 0 heterocycles. The van der Waals surface area contributed by atoms with Gasteiger partial charge >= 0.3 is 0 Å². The summed E-state index contributed by atoms with van der Waals surface area (Å²) in [6, 6.07) is 41.7. The van der Waals surface area contributed by atoms with Crippen LogP contribution < -0.4 is 0 Å². The van der Waals surface area contributed by atoms with Crippen LogP contribution in [-0.2, 0) is 0 Å². The summed E-state index contributed by atoms with van der Waals surface area (Å²) in [7, 11) is 0. The summed E-state index contributed by atoms with van der Waals surface area (Å²) in [6.45, 7) is 0. The van der Waals surface area contributed by atoms with Crippen LogP contribution in [0.3, 0.4) is 0 Å². The van der Waals surface area contributed by atoms with Gasteiger partial charge in [0, 0.05) is 9.79 Å². The Labute approximate surface area is 171 Å². The van der Waals surface area contributed by atoms with E-state index in [4.69, 9.17) is 0 Å². The molecule has 0 amide bonds. The van der Waals surface area contributed by atoms with Crippen molar-refractivity contribution in [3.8, 4) is 0 Å². The van der Waals surface area contributed by atoms with Gasteiger partial charge in [0.05, 0.1) is 0 Å². The van der Waals surface area contributed by atoms with Crippen molar-refractivity contribution in [1.82, 2.24) is 0 Å². The summed E-state index contributed by atoms with van der Waals surface area (Å²) in [5.74, 6) is 1.69. The Morgan fingerprint density at radius 3 is 1.18 bits per heavy atom. The van der Waals surface area contributed by atoms with Gasteiger partial charge in [-0.15, -0.1) is 0 Å². The van der Waals surface area contributed by atoms with Gasteiger partial charge in [-0.05, 0) is 58.7 Å². The fraction of sp³-hybridized carbons (Fsp3) is 0.111. The van der Waals surface area contributed by atoms with E-state index in [-0.39, 0.29) is 0 Å². The molecule has 1 saturated carbocycles. The first-order valence-corrected chi connectivity index (χ1v) is 10.6. The van der Waals surface area contributed by atoms with E-state index in [9.17, 15) is 0 Å². The molecule has 0 aromatic heterocycles. The van der Waals surface area contributed by atoms with Crippen LogP contribution in [0.15, 0.2) is 125 Å². The molecule has 5 rings (SSSR count). The Balaban J connectivity index is 1.42. The standard InChI is InChI=1S/C27H22S/c1-4-10-20(11-5-1)25-26(21-12-6-2-7-13-21)27(25)22-16-18-24(19-17-22)28-23-14-8-3-9-15-23/h1-19,25-27H. The Bertz CT molecular complexity index is 978. The summed E-state index contributed by atoms with van der Waals surface area (Å²) in [4.78, 5) is 2.58. The molecule has 2 atom stereocenters. The third-order valence-electron chi connectivity index (χ3n) is 5.63. The van der Waals surface area contributed by atoms with Crippen molar-refractivity contribution in [1.29, 1.82) is 0 Å². The van der Waals surface area contributed by atoms with Gasteiger partial charge in [-0.3, -0.25) is 0 Å². The first-order valence-electron chi connectivity index (χ1n) is 9.83. The Morgan fingerprint density at radius 2 is 0.714 bits per heavy atom. The topological polar surface area (TPSA) is 0 Å². The molecule has 0 aliphatic heterocycles. The van der Waals surface area contributed by atoms with E-state index in [0.717, 1.165) is 0 Å². The maximum absolute atomic E-state index is 2.33. The van der Waals surface area contributed by atoms with E-state index >= 15 is 0 Å². The molecule has 136 valence electrons. The zero-order chi connectivity index (χ0) is 18.8. The molecule has 1 heteroatoms. The molecule has 2 unspecified atom stereocenters. The molecule has 0 bridgehead atoms. The highest BCUT2D eigenvalue weighted by atomic mass is 32.2. The van der Waals surface area contributed by atoms with Crippen molar-refractivity contribution in [3.63, 3.8) is 0 Å². The molecule has 0 N–H and O–H groups in total. The number of hydrogen-bond donors (Lipinski definition) is 0. The molecule has 4 aromatic carbocycles. The van der Waals surface area contributed by atoms with Gasteiger partial charge in [-0.1, -0.05) is 103 Å². The summed E-state index contributed by atoms with van der Waals surface area (Å²) < 4.78 is 0. The highest BCUT2D eigenvalue weighted by Gasteiger charge is 2.52. The summed E-state index contributed by atoms with van der Waals surface area (Å²) in [6.07, 6.45) is 0. The molecule has 0 radical (unpaired) electrons. The van der Waals surface area contributed by atoms with Crippen LogP contribution in [0, 0.1) is 0 Å². The summed E-state index contributed by atoms with van der Waals surface area (Å²) in [5.41, 5.74) is 4.34. The lowest BCUT2D eigenvalue weighted by molar-refractivity contribution is 1.02. The lowest BCUT2D eigenvalue weighted by atomic mass is 10.0. The second-order valence-corrected chi connectivity index (χ2v) is 8.53. The predicted molar refractivity (Wildman–Crippen MR) is 118 cm³/mol. The third-order valence-corrected chi connectivity index (χ3v) is 6.65. The Morgan fingerprint density at radius 1 is 0.357 bits per heavy atom. The minimum Gasteiger partial charge on any atom is -0.0901 e. The quantitative estimate of drug-likeness (QED) is 0.346. The SMILES string of the molecule is c1ccc(Sc2ccc(C3C(c4ccccc4)C3c3ccccc3)cc2)cc1. The van der Waals surface area contributed by atoms with Crippen molar-refractivity contribution in [2.45, 2.75) is 27.5 Å². The zero-order valence-corrected chi connectivity index (χ0v) is 16.4. The Hall–Kier alpha value is -2.77. The minimum atomic E-state index is 0.556. The van der Waals surface area contributed by atoms with Crippen LogP contribution in [0.4, 0.5) is 0 Å². The average Bonchev–Trinajstić information content (AvgIpc) is 3.52. The second kappa shape index (κ2) is 7.69. The summed E-state index contributed by atoms with van der Waals surface area (Å²) in [5, 5.41) is 0. The highest BCUT2D eigenvalue weighted by Crippen LogP contribution is 2.66. The first-order chi connectivity index (χ1) is 13.9. The second-order valence-electron chi connectivity index (χ2n) is 7.38. The van der Waals surface area contributed by atoms with Crippen molar-refractivity contribution >= 4 is 11.8 Å². The van der Waals surface area contributed by atoms with Gasteiger partial charge in [-0.25, -0.2) is 0 Å². The van der Waals surface area contributed by atoms with Gasteiger partial charge in [0.25, 0.3) is 0 Å². The van der Waals surface area contributed by atoms with Crippen molar-refractivity contribution in [3.05, 3.63) is 132 Å². The fourth-order valence-electron chi connectivity index (χ4n) is 4.29. The molecule has 0 nitrogen and oxygen atoms in total. The van der Waals surface area contributed by atoms with E-state index in [2.05, 4.69) is 115 Å². The van der Waals surface area contributed by atoms with Gasteiger partial charge in [0.15, 0.2) is 0 Å². The van der Waals surface area contributed by atoms with E-state index in [1.54, 1.807) is 0 Å². The maximum atomic E-state index is 2.33. The predicted octanol–water partition coefficient (Wildman–Crippen LogP) is 7.50. The number of rotatable bonds is 5. The molecule has 1 fully saturated rings. The normalized spacial score (nSPS) is 20.6. The molecular weight excluding hydrogens is 356 g/mol. The van der Waals surface area contributed by atoms with Crippen LogP contribution in [0.1, 0.15) is 34.4 Å². The van der Waals surface area contributed by atoms with Gasteiger partial charge in [0.1, 0.15) is 0 Å². The lowest BCUT2D eigenvalue weighted by Crippen LogP contribution is -1.84. The van der Waals surface area contributed by atoms with Gasteiger partial charge in [-0.2, -0.15) is 0 Å². The van der Waals surface area contributed by atoms with E-state index in [1.807, 2.05) is 11.8 Å². The lowest BCUT2D eigenvalue weighted by Gasteiger charge is -2.05. The average molecular weight is 379 g/mol. The molecule has 4 aromatic rings.